The smallest absolute Gasteiger partial charge is 0.203 e. The Balaban J connectivity index is 2.08. The minimum Gasteiger partial charge on any atom is -0.507 e. The lowest BCUT2D eigenvalue weighted by molar-refractivity contribution is 0.103. The quantitative estimate of drug-likeness (QED) is 0.671. The van der Waals surface area contributed by atoms with E-state index in [4.69, 9.17) is 14.2 Å². The number of benzene rings is 2. The van der Waals surface area contributed by atoms with E-state index in [0.717, 1.165) is 11.1 Å². The fraction of sp³-hybridized carbons (Fsp3) is 0.143. The molecule has 1 heterocycles. The summed E-state index contributed by atoms with van der Waals surface area (Å²) < 4.78 is 15.9. The van der Waals surface area contributed by atoms with Crippen LogP contribution in [0.1, 0.15) is 15.9 Å². The van der Waals surface area contributed by atoms with E-state index in [9.17, 15) is 9.90 Å². The van der Waals surface area contributed by atoms with Crippen molar-refractivity contribution in [2.45, 2.75) is 0 Å². The lowest BCUT2D eigenvalue weighted by Crippen LogP contribution is -2.05. The van der Waals surface area contributed by atoms with Crippen molar-refractivity contribution in [2.24, 2.45) is 0 Å². The molecule has 3 aromatic rings. The van der Waals surface area contributed by atoms with E-state index in [1.807, 2.05) is 12.1 Å². The summed E-state index contributed by atoms with van der Waals surface area (Å²) in [4.78, 5) is 17.1. The number of ether oxygens (including phenoxy) is 3. The minimum atomic E-state index is -0.363. The van der Waals surface area contributed by atoms with Gasteiger partial charge in [-0.2, -0.15) is 0 Å². The van der Waals surface area contributed by atoms with E-state index in [1.165, 1.54) is 27.4 Å². The Labute approximate surface area is 157 Å². The molecule has 0 radical (unpaired) electrons. The Morgan fingerprint density at radius 3 is 2.19 bits per heavy atom. The van der Waals surface area contributed by atoms with Crippen LogP contribution in [0.25, 0.3) is 11.1 Å². The first-order chi connectivity index (χ1) is 13.1. The van der Waals surface area contributed by atoms with E-state index in [0.29, 0.717) is 22.8 Å². The number of pyridine rings is 1. The zero-order chi connectivity index (χ0) is 19.4. The first-order valence-corrected chi connectivity index (χ1v) is 8.17. The van der Waals surface area contributed by atoms with Gasteiger partial charge >= 0.3 is 0 Å². The summed E-state index contributed by atoms with van der Waals surface area (Å²) in [5.41, 5.74) is 2.10. The van der Waals surface area contributed by atoms with Crippen LogP contribution in [0, 0.1) is 0 Å². The fourth-order valence-electron chi connectivity index (χ4n) is 2.80. The number of hydrogen-bond donors (Lipinski definition) is 1. The largest absolute Gasteiger partial charge is 0.507 e. The Morgan fingerprint density at radius 2 is 1.63 bits per heavy atom. The number of phenols is 1. The highest BCUT2D eigenvalue weighted by molar-refractivity contribution is 6.11. The second kappa shape index (κ2) is 7.78. The summed E-state index contributed by atoms with van der Waals surface area (Å²) in [5.74, 6) is 0.648. The van der Waals surface area contributed by atoms with Crippen molar-refractivity contribution in [3.8, 4) is 34.1 Å². The van der Waals surface area contributed by atoms with Crippen LogP contribution in [-0.4, -0.2) is 37.2 Å². The van der Waals surface area contributed by atoms with Crippen LogP contribution in [-0.2, 0) is 0 Å². The average Bonchev–Trinajstić information content (AvgIpc) is 2.73. The predicted molar refractivity (Wildman–Crippen MR) is 101 cm³/mol. The molecule has 138 valence electrons. The summed E-state index contributed by atoms with van der Waals surface area (Å²) in [7, 11) is 4.45. The average molecular weight is 365 g/mol. The van der Waals surface area contributed by atoms with Crippen molar-refractivity contribution >= 4 is 5.78 Å². The Kier molecular flexibility index (Phi) is 5.26. The van der Waals surface area contributed by atoms with E-state index in [-0.39, 0.29) is 17.1 Å². The Hall–Kier alpha value is -3.54. The zero-order valence-corrected chi connectivity index (χ0v) is 15.2. The van der Waals surface area contributed by atoms with Crippen molar-refractivity contribution in [3.63, 3.8) is 0 Å². The third-order valence-electron chi connectivity index (χ3n) is 4.16. The second-order valence-electron chi connectivity index (χ2n) is 5.72. The number of carbonyl (C=O) groups excluding carboxylic acids is 1. The number of aromatic nitrogens is 1. The van der Waals surface area contributed by atoms with E-state index in [1.54, 1.807) is 36.7 Å². The lowest BCUT2D eigenvalue weighted by atomic mass is 9.97. The summed E-state index contributed by atoms with van der Waals surface area (Å²) in [6, 6.07) is 11.7. The standard InChI is InChI=1S/C21H19NO5/c1-25-18-10-15(11-19(26-2)21(18)27-3)20(24)16-9-13(6-7-17(16)23)14-5-4-8-22-12-14/h4-12,23H,1-3H3. The molecule has 27 heavy (non-hydrogen) atoms. The van der Waals surface area contributed by atoms with Crippen molar-refractivity contribution < 1.29 is 24.1 Å². The molecule has 0 amide bonds. The number of aromatic hydroxyl groups is 1. The van der Waals surface area contributed by atoms with Gasteiger partial charge in [-0.15, -0.1) is 0 Å². The van der Waals surface area contributed by atoms with E-state index in [2.05, 4.69) is 4.98 Å². The molecule has 0 unspecified atom stereocenters. The number of nitrogens with zero attached hydrogens (tertiary/aromatic N) is 1. The summed E-state index contributed by atoms with van der Waals surface area (Å²) in [5, 5.41) is 10.2. The Bertz CT molecular complexity index is 945. The van der Waals surface area contributed by atoms with Crippen molar-refractivity contribution in [2.75, 3.05) is 21.3 Å². The maximum atomic E-state index is 13.1. The maximum Gasteiger partial charge on any atom is 0.203 e. The molecule has 1 N–H and O–H groups in total. The summed E-state index contributed by atoms with van der Waals surface area (Å²) in [6.45, 7) is 0. The van der Waals surface area contributed by atoms with Gasteiger partial charge in [0.05, 0.1) is 26.9 Å². The number of phenolic OH excluding ortho intramolecular Hbond substituents is 1. The SMILES string of the molecule is COc1cc(C(=O)c2cc(-c3cccnc3)ccc2O)cc(OC)c1OC. The van der Waals surface area contributed by atoms with Gasteiger partial charge in [-0.3, -0.25) is 9.78 Å². The molecular weight excluding hydrogens is 346 g/mol. The minimum absolute atomic E-state index is 0.110. The van der Waals surface area contributed by atoms with Crippen LogP contribution >= 0.6 is 0 Å². The van der Waals surface area contributed by atoms with Gasteiger partial charge in [-0.1, -0.05) is 12.1 Å². The molecule has 1 aromatic heterocycles. The molecule has 2 aromatic carbocycles. The first-order valence-electron chi connectivity index (χ1n) is 8.17. The van der Waals surface area contributed by atoms with Gasteiger partial charge in [0.2, 0.25) is 5.75 Å². The van der Waals surface area contributed by atoms with Crippen molar-refractivity contribution in [1.29, 1.82) is 0 Å². The van der Waals surface area contributed by atoms with Crippen LogP contribution in [0.2, 0.25) is 0 Å². The maximum absolute atomic E-state index is 13.1. The molecule has 0 saturated carbocycles. The molecule has 6 nitrogen and oxygen atoms in total. The highest BCUT2D eigenvalue weighted by atomic mass is 16.5. The Morgan fingerprint density at radius 1 is 0.926 bits per heavy atom. The van der Waals surface area contributed by atoms with Crippen molar-refractivity contribution in [1.82, 2.24) is 4.98 Å². The van der Waals surface area contributed by atoms with Gasteiger partial charge < -0.3 is 19.3 Å². The van der Waals surface area contributed by atoms with Crippen LogP contribution in [0.5, 0.6) is 23.0 Å². The number of ketones is 1. The summed E-state index contributed by atoms with van der Waals surface area (Å²) >= 11 is 0. The van der Waals surface area contributed by atoms with E-state index < -0.39 is 0 Å². The third-order valence-corrected chi connectivity index (χ3v) is 4.16. The molecule has 0 bridgehead atoms. The van der Waals surface area contributed by atoms with Gasteiger partial charge in [0.25, 0.3) is 0 Å². The number of hydrogen-bond acceptors (Lipinski definition) is 6. The van der Waals surface area contributed by atoms with E-state index >= 15 is 0 Å². The molecular formula is C21H19NO5. The highest BCUT2D eigenvalue weighted by Gasteiger charge is 2.20. The van der Waals surface area contributed by atoms with Crippen LogP contribution in [0.3, 0.4) is 0 Å². The molecule has 0 aliphatic heterocycles. The monoisotopic (exact) mass is 365 g/mol. The predicted octanol–water partition coefficient (Wildman–Crippen LogP) is 3.71. The lowest BCUT2D eigenvalue weighted by Gasteiger charge is -2.14. The van der Waals surface area contributed by atoms with Gasteiger partial charge in [0, 0.05) is 23.5 Å². The molecule has 0 fully saturated rings. The zero-order valence-electron chi connectivity index (χ0n) is 15.2. The topological polar surface area (TPSA) is 77.9 Å². The molecule has 0 atom stereocenters. The molecule has 0 aliphatic carbocycles. The number of rotatable bonds is 6. The van der Waals surface area contributed by atoms with Gasteiger partial charge in [0.15, 0.2) is 17.3 Å². The van der Waals surface area contributed by atoms with Gasteiger partial charge in [0.1, 0.15) is 5.75 Å². The second-order valence-corrected chi connectivity index (χ2v) is 5.72. The number of carbonyl (C=O) groups is 1. The third kappa shape index (κ3) is 3.55. The van der Waals surface area contributed by atoms with Gasteiger partial charge in [-0.05, 0) is 35.9 Å². The first kappa shape index (κ1) is 18.3. The van der Waals surface area contributed by atoms with Crippen molar-refractivity contribution in [3.05, 3.63) is 66.0 Å². The molecule has 3 rings (SSSR count). The molecule has 0 spiro atoms. The summed E-state index contributed by atoms with van der Waals surface area (Å²) in [6.07, 6.45) is 3.37. The molecule has 6 heteroatoms. The van der Waals surface area contributed by atoms with Crippen LogP contribution < -0.4 is 14.2 Å². The fourth-order valence-corrected chi connectivity index (χ4v) is 2.80. The molecule has 0 aliphatic rings. The normalized spacial score (nSPS) is 10.3. The highest BCUT2D eigenvalue weighted by Crippen LogP contribution is 2.39. The number of methoxy groups -OCH3 is 3. The van der Waals surface area contributed by atoms with Gasteiger partial charge in [-0.25, -0.2) is 0 Å². The van der Waals surface area contributed by atoms with Crippen LogP contribution in [0.4, 0.5) is 0 Å². The molecule has 0 saturated heterocycles. The van der Waals surface area contributed by atoms with Crippen LogP contribution in [0.15, 0.2) is 54.9 Å².